The number of piperazine rings is 1. The summed E-state index contributed by atoms with van der Waals surface area (Å²) in [7, 11) is 0. The van der Waals surface area contributed by atoms with Crippen LogP contribution in [-0.4, -0.2) is 72.4 Å². The summed E-state index contributed by atoms with van der Waals surface area (Å²) in [4.78, 5) is 25.2. The number of nitrogens with zero attached hydrogens (tertiary/aromatic N) is 2. The number of hydrogen-bond donors (Lipinski definition) is 0. The molecule has 0 radical (unpaired) electrons. The molecular formula is C18H18ClF7N2O4. The third kappa shape index (κ3) is 6.86. The average Bonchev–Trinajstić information content (AvgIpc) is 2.67. The summed E-state index contributed by atoms with van der Waals surface area (Å²) < 4.78 is 98.6. The largest absolute Gasteiger partial charge is 0.481 e. The molecule has 2 rings (SSSR count). The zero-order chi connectivity index (χ0) is 24.3. The zero-order valence-electron chi connectivity index (χ0n) is 16.5. The highest BCUT2D eigenvalue weighted by atomic mass is 35.5. The number of hydrogen-bond acceptors (Lipinski definition) is 5. The van der Waals surface area contributed by atoms with E-state index < -0.39 is 42.2 Å². The van der Waals surface area contributed by atoms with Crippen LogP contribution in [0, 0.1) is 12.7 Å². The van der Waals surface area contributed by atoms with E-state index in [-0.39, 0.29) is 44.0 Å². The summed E-state index contributed by atoms with van der Waals surface area (Å²) >= 11 is 5.22. The van der Waals surface area contributed by atoms with Gasteiger partial charge in [-0.2, -0.15) is 26.3 Å². The number of alkyl halides is 6. The molecule has 1 fully saturated rings. The number of halogens is 8. The Kier molecular flexibility index (Phi) is 8.21. The molecule has 0 atom stereocenters. The van der Waals surface area contributed by atoms with Crippen molar-refractivity contribution in [1.29, 1.82) is 0 Å². The van der Waals surface area contributed by atoms with Gasteiger partial charge in [-0.15, -0.1) is 0 Å². The molecule has 1 aliphatic rings. The Morgan fingerprint density at radius 1 is 1.06 bits per heavy atom. The van der Waals surface area contributed by atoms with Crippen molar-refractivity contribution in [2.75, 3.05) is 32.8 Å². The van der Waals surface area contributed by atoms with Crippen molar-refractivity contribution in [3.8, 4) is 5.75 Å². The second-order valence-corrected chi connectivity index (χ2v) is 7.36. The number of ether oxygens (including phenoxy) is 2. The molecule has 0 bridgehead atoms. The monoisotopic (exact) mass is 494 g/mol. The number of rotatable bonds is 6. The van der Waals surface area contributed by atoms with E-state index in [1.807, 2.05) is 0 Å². The standard InChI is InChI=1S/C18H18ClF7N2O4/c1-10-2-3-11(14(13(10)20)31-9-12(19)29)8-27-4-6-28(7-5-27)16(30)32-15(17(21,22)23)18(24,25)26/h2-3,15H,4-9H2,1H3. The van der Waals surface area contributed by atoms with Gasteiger partial charge in [-0.1, -0.05) is 12.1 Å². The first kappa shape index (κ1) is 26.0. The maximum absolute atomic E-state index is 14.4. The topological polar surface area (TPSA) is 59.1 Å². The van der Waals surface area contributed by atoms with Crippen molar-refractivity contribution >= 4 is 22.9 Å². The number of aryl methyl sites for hydroxylation is 1. The minimum atomic E-state index is -5.80. The summed E-state index contributed by atoms with van der Waals surface area (Å²) in [6.07, 6.45) is -17.6. The Bertz CT molecular complexity index is 826. The number of carbonyl (C=O) groups is 2. The molecule has 1 aromatic carbocycles. The molecule has 1 heterocycles. The van der Waals surface area contributed by atoms with E-state index in [1.165, 1.54) is 13.0 Å². The minimum absolute atomic E-state index is 0.0567. The molecule has 14 heteroatoms. The van der Waals surface area contributed by atoms with Crippen molar-refractivity contribution in [2.24, 2.45) is 0 Å². The maximum Gasteiger partial charge on any atom is 0.434 e. The first-order valence-corrected chi connectivity index (χ1v) is 9.48. The van der Waals surface area contributed by atoms with Crippen LogP contribution in [-0.2, 0) is 16.1 Å². The van der Waals surface area contributed by atoms with Gasteiger partial charge in [0.15, 0.2) is 18.2 Å². The molecule has 6 nitrogen and oxygen atoms in total. The number of amides is 1. The molecule has 0 N–H and O–H groups in total. The zero-order valence-corrected chi connectivity index (χ0v) is 17.3. The smallest absolute Gasteiger partial charge is 0.434 e. The summed E-state index contributed by atoms with van der Waals surface area (Å²) in [6.45, 7) is 0.669. The van der Waals surface area contributed by atoms with Gasteiger partial charge in [0.2, 0.25) is 0 Å². The molecule has 1 amide bonds. The summed E-state index contributed by atoms with van der Waals surface area (Å²) in [6, 6.07) is 3.02. The first-order valence-electron chi connectivity index (χ1n) is 9.10. The molecule has 180 valence electrons. The fraction of sp³-hybridized carbons (Fsp3) is 0.556. The van der Waals surface area contributed by atoms with E-state index in [0.29, 0.717) is 5.56 Å². The summed E-state index contributed by atoms with van der Waals surface area (Å²) in [5.74, 6) is -0.896. The second-order valence-electron chi connectivity index (χ2n) is 6.94. The van der Waals surface area contributed by atoms with Crippen LogP contribution in [0.1, 0.15) is 11.1 Å². The van der Waals surface area contributed by atoms with Gasteiger partial charge in [0, 0.05) is 38.3 Å². The van der Waals surface area contributed by atoms with Crippen molar-refractivity contribution in [3.63, 3.8) is 0 Å². The third-order valence-electron chi connectivity index (χ3n) is 4.54. The SMILES string of the molecule is Cc1ccc(CN2CCN(C(=O)OC(C(F)(F)F)C(F)(F)F)CC2)c(OCC(=O)Cl)c1F. The van der Waals surface area contributed by atoms with Crippen molar-refractivity contribution in [1.82, 2.24) is 9.80 Å². The Labute approximate surface area is 182 Å². The molecule has 0 spiro atoms. The van der Waals surface area contributed by atoms with E-state index in [4.69, 9.17) is 16.3 Å². The lowest BCUT2D eigenvalue weighted by Crippen LogP contribution is -2.52. The van der Waals surface area contributed by atoms with Gasteiger partial charge in [0.1, 0.15) is 0 Å². The van der Waals surface area contributed by atoms with Gasteiger partial charge in [-0.05, 0) is 24.1 Å². The Balaban J connectivity index is 2.01. The highest BCUT2D eigenvalue weighted by Crippen LogP contribution is 2.36. The van der Waals surface area contributed by atoms with Crippen LogP contribution < -0.4 is 4.74 Å². The molecule has 0 aliphatic carbocycles. The lowest BCUT2D eigenvalue weighted by molar-refractivity contribution is -0.308. The van der Waals surface area contributed by atoms with Gasteiger partial charge < -0.3 is 14.4 Å². The maximum atomic E-state index is 14.4. The van der Waals surface area contributed by atoms with Crippen LogP contribution in [0.5, 0.6) is 5.75 Å². The van der Waals surface area contributed by atoms with Crippen LogP contribution in [0.15, 0.2) is 12.1 Å². The highest BCUT2D eigenvalue weighted by Gasteiger charge is 2.60. The second kappa shape index (κ2) is 10.1. The minimum Gasteiger partial charge on any atom is -0.481 e. The van der Waals surface area contributed by atoms with Gasteiger partial charge in [0.05, 0.1) is 0 Å². The Morgan fingerprint density at radius 3 is 2.12 bits per heavy atom. The molecule has 32 heavy (non-hydrogen) atoms. The molecule has 1 saturated heterocycles. The quantitative estimate of drug-likeness (QED) is 0.441. The van der Waals surface area contributed by atoms with Crippen LogP contribution in [0.2, 0.25) is 0 Å². The molecule has 1 aromatic rings. The average molecular weight is 495 g/mol. The molecular weight excluding hydrogens is 477 g/mol. The number of carbonyl (C=O) groups excluding carboxylic acids is 2. The van der Waals surface area contributed by atoms with Crippen LogP contribution >= 0.6 is 11.6 Å². The first-order chi connectivity index (χ1) is 14.7. The van der Waals surface area contributed by atoms with E-state index in [0.717, 1.165) is 4.90 Å². The molecule has 0 aromatic heterocycles. The third-order valence-corrected chi connectivity index (χ3v) is 4.65. The summed E-state index contributed by atoms with van der Waals surface area (Å²) in [5, 5.41) is -0.847. The van der Waals surface area contributed by atoms with Crippen LogP contribution in [0.25, 0.3) is 0 Å². The lowest BCUT2D eigenvalue weighted by atomic mass is 10.1. The highest BCUT2D eigenvalue weighted by molar-refractivity contribution is 6.63. The predicted octanol–water partition coefficient (Wildman–Crippen LogP) is 4.03. The van der Waals surface area contributed by atoms with E-state index in [2.05, 4.69) is 4.74 Å². The van der Waals surface area contributed by atoms with Crippen molar-refractivity contribution in [3.05, 3.63) is 29.1 Å². The van der Waals surface area contributed by atoms with E-state index in [1.54, 1.807) is 11.0 Å². The number of benzene rings is 1. The Morgan fingerprint density at radius 2 is 1.62 bits per heavy atom. The fourth-order valence-corrected chi connectivity index (χ4v) is 2.98. The van der Waals surface area contributed by atoms with Gasteiger partial charge >= 0.3 is 18.4 Å². The van der Waals surface area contributed by atoms with Crippen LogP contribution in [0.3, 0.4) is 0 Å². The predicted molar refractivity (Wildman–Crippen MR) is 96.7 cm³/mol. The van der Waals surface area contributed by atoms with E-state index >= 15 is 0 Å². The lowest BCUT2D eigenvalue weighted by Gasteiger charge is -2.35. The Hall–Kier alpha value is -2.28. The van der Waals surface area contributed by atoms with Crippen LogP contribution in [0.4, 0.5) is 35.5 Å². The fourth-order valence-electron chi connectivity index (χ4n) is 2.93. The van der Waals surface area contributed by atoms with Gasteiger partial charge in [-0.3, -0.25) is 9.69 Å². The van der Waals surface area contributed by atoms with Gasteiger partial charge in [-0.25, -0.2) is 9.18 Å². The van der Waals surface area contributed by atoms with Crippen molar-refractivity contribution in [2.45, 2.75) is 31.9 Å². The van der Waals surface area contributed by atoms with Crippen molar-refractivity contribution < 1.29 is 49.8 Å². The summed E-state index contributed by atoms with van der Waals surface area (Å²) in [5.41, 5.74) is 0.596. The van der Waals surface area contributed by atoms with E-state index in [9.17, 15) is 40.3 Å². The normalized spacial score (nSPS) is 15.8. The molecule has 0 unspecified atom stereocenters. The molecule has 1 aliphatic heterocycles. The molecule has 0 saturated carbocycles. The van der Waals surface area contributed by atoms with Gasteiger partial charge in [0.25, 0.3) is 11.3 Å².